The van der Waals surface area contributed by atoms with Crippen molar-refractivity contribution < 1.29 is 37.7 Å². The highest BCUT2D eigenvalue weighted by molar-refractivity contribution is 7.85. The van der Waals surface area contributed by atoms with Crippen molar-refractivity contribution in [3.8, 4) is 0 Å². The third-order valence-electron chi connectivity index (χ3n) is 3.52. The fraction of sp³-hybridized carbons (Fsp3) is 0.833. The van der Waals surface area contributed by atoms with E-state index < -0.39 is 27.9 Å². The van der Waals surface area contributed by atoms with Crippen molar-refractivity contribution in [2.45, 2.75) is 25.4 Å². The van der Waals surface area contributed by atoms with Gasteiger partial charge in [0.25, 0.3) is 0 Å². The van der Waals surface area contributed by atoms with Gasteiger partial charge in [-0.25, -0.2) is 8.42 Å². The maximum atomic E-state index is 11.8. The number of aliphatic hydroxyl groups is 1. The Morgan fingerprint density at radius 1 is 1.23 bits per heavy atom. The van der Waals surface area contributed by atoms with Crippen molar-refractivity contribution in [1.29, 1.82) is 0 Å². The van der Waals surface area contributed by atoms with Crippen LogP contribution in [-0.4, -0.2) is 79.4 Å². The van der Waals surface area contributed by atoms with Crippen molar-refractivity contribution >= 4 is 22.0 Å². The van der Waals surface area contributed by atoms with Crippen molar-refractivity contribution in [3.05, 3.63) is 0 Å². The van der Waals surface area contributed by atoms with Gasteiger partial charge in [0, 0.05) is 12.4 Å². The molecule has 0 bridgehead atoms. The number of nitrogens with zero attached hydrogens (tertiary/aromatic N) is 1. The highest BCUT2D eigenvalue weighted by Gasteiger charge is 2.25. The van der Waals surface area contributed by atoms with Crippen LogP contribution in [0, 0.1) is 0 Å². The quantitative estimate of drug-likeness (QED) is 0.425. The lowest BCUT2D eigenvalue weighted by Gasteiger charge is -2.33. The Hall–Kier alpha value is -1.23. The summed E-state index contributed by atoms with van der Waals surface area (Å²) in [5, 5.41) is 19.8. The molecule has 1 fully saturated rings. The highest BCUT2D eigenvalue weighted by Crippen LogP contribution is 2.01. The molecule has 22 heavy (non-hydrogen) atoms. The first-order valence-electron chi connectivity index (χ1n) is 7.10. The van der Waals surface area contributed by atoms with Crippen LogP contribution in [0.2, 0.25) is 0 Å². The number of rotatable bonds is 8. The number of aliphatic hydroxyl groups excluding tert-OH is 1. The molecule has 0 aromatic heterocycles. The van der Waals surface area contributed by atoms with Gasteiger partial charge in [-0.1, -0.05) is 0 Å². The van der Waals surface area contributed by atoms with Gasteiger partial charge in [0.2, 0.25) is 5.91 Å². The molecule has 0 aliphatic carbocycles. The maximum absolute atomic E-state index is 11.8. The van der Waals surface area contributed by atoms with E-state index in [1.165, 1.54) is 0 Å². The molecular formula is C12H21N2O7S-. The third-order valence-corrected chi connectivity index (χ3v) is 4.31. The smallest absolute Gasteiger partial charge is 0.222 e. The van der Waals surface area contributed by atoms with Crippen molar-refractivity contribution in [3.63, 3.8) is 0 Å². The number of quaternary nitrogens is 1. The van der Waals surface area contributed by atoms with Crippen LogP contribution in [0.5, 0.6) is 0 Å². The lowest BCUT2D eigenvalue weighted by molar-refractivity contribution is -0.906. The number of hydrogen-bond donors (Lipinski definition) is 2. The minimum absolute atomic E-state index is 0.122. The number of aliphatic carboxylic acids is 1. The zero-order valence-electron chi connectivity index (χ0n) is 12.2. The molecule has 1 rings (SSSR count). The molecule has 0 unspecified atom stereocenters. The van der Waals surface area contributed by atoms with Crippen LogP contribution in [0.4, 0.5) is 0 Å². The summed E-state index contributed by atoms with van der Waals surface area (Å²) in [6.45, 7) is 2.14. The number of piperazine rings is 1. The van der Waals surface area contributed by atoms with E-state index >= 15 is 0 Å². The minimum atomic E-state index is -4.45. The molecule has 1 aliphatic rings. The van der Waals surface area contributed by atoms with Gasteiger partial charge in [-0.3, -0.25) is 4.79 Å². The molecule has 0 spiro atoms. The van der Waals surface area contributed by atoms with Crippen molar-refractivity contribution in [2.75, 3.05) is 38.5 Å². The maximum Gasteiger partial charge on any atom is 0.222 e. The fourth-order valence-corrected chi connectivity index (χ4v) is 3.04. The number of carboxylic acids is 1. The van der Waals surface area contributed by atoms with E-state index in [0.29, 0.717) is 26.2 Å². The van der Waals surface area contributed by atoms with Crippen LogP contribution < -0.4 is 10.0 Å². The van der Waals surface area contributed by atoms with E-state index in [-0.39, 0.29) is 31.7 Å². The predicted molar refractivity (Wildman–Crippen MR) is 71.6 cm³/mol. The zero-order chi connectivity index (χ0) is 16.8. The van der Waals surface area contributed by atoms with E-state index in [1.807, 2.05) is 0 Å². The highest BCUT2D eigenvalue weighted by atomic mass is 32.2. The molecule has 0 radical (unpaired) electrons. The first kappa shape index (κ1) is 18.8. The number of amides is 1. The summed E-state index contributed by atoms with van der Waals surface area (Å²) < 4.78 is 31.6. The van der Waals surface area contributed by atoms with Crippen molar-refractivity contribution in [2.24, 2.45) is 0 Å². The molecule has 1 atom stereocenters. The van der Waals surface area contributed by atoms with Gasteiger partial charge < -0.3 is 29.4 Å². The molecule has 1 amide bonds. The summed E-state index contributed by atoms with van der Waals surface area (Å²) >= 11 is 0. The average Bonchev–Trinajstić information content (AvgIpc) is 2.36. The van der Waals surface area contributed by atoms with E-state index in [0.717, 1.165) is 4.90 Å². The van der Waals surface area contributed by atoms with E-state index in [2.05, 4.69) is 0 Å². The van der Waals surface area contributed by atoms with Crippen LogP contribution in [0.25, 0.3) is 0 Å². The van der Waals surface area contributed by atoms with Crippen LogP contribution in [0.1, 0.15) is 19.3 Å². The van der Waals surface area contributed by atoms with Crippen LogP contribution >= 0.6 is 0 Å². The minimum Gasteiger partial charge on any atom is -0.748 e. The molecule has 10 heteroatoms. The Balaban J connectivity index is 2.28. The number of carbonyl (C=O) groups excluding carboxylic acids is 2. The average molecular weight is 337 g/mol. The summed E-state index contributed by atoms with van der Waals surface area (Å²) in [4.78, 5) is 24.6. The Bertz CT molecular complexity index is 486. The number of carboxylic acid groups (broad SMARTS) is 1. The van der Waals surface area contributed by atoms with Gasteiger partial charge in [0.1, 0.15) is 12.6 Å². The van der Waals surface area contributed by atoms with Gasteiger partial charge in [0.05, 0.1) is 42.1 Å². The van der Waals surface area contributed by atoms with Gasteiger partial charge in [0.15, 0.2) is 0 Å². The first-order chi connectivity index (χ1) is 10.2. The Labute approximate surface area is 129 Å². The molecular weight excluding hydrogens is 316 g/mol. The van der Waals surface area contributed by atoms with Crippen LogP contribution in [0.3, 0.4) is 0 Å². The van der Waals surface area contributed by atoms with Gasteiger partial charge in [-0.15, -0.1) is 0 Å². The molecule has 1 saturated heterocycles. The van der Waals surface area contributed by atoms with Gasteiger partial charge in [-0.2, -0.15) is 0 Å². The lowest BCUT2D eigenvalue weighted by atomic mass is 10.2. The summed E-state index contributed by atoms with van der Waals surface area (Å²) in [7, 11) is -4.45. The summed E-state index contributed by atoms with van der Waals surface area (Å²) in [5.41, 5.74) is 0. The second-order valence-corrected chi connectivity index (χ2v) is 6.89. The van der Waals surface area contributed by atoms with E-state index in [1.54, 1.807) is 4.90 Å². The largest absolute Gasteiger partial charge is 0.748 e. The van der Waals surface area contributed by atoms with Crippen LogP contribution in [-0.2, 0) is 19.7 Å². The van der Waals surface area contributed by atoms with E-state index in [4.69, 9.17) is 0 Å². The Kier molecular flexibility index (Phi) is 7.20. The fourth-order valence-electron chi connectivity index (χ4n) is 2.45. The topological polar surface area (TPSA) is 142 Å². The first-order valence-corrected chi connectivity index (χ1v) is 8.68. The molecule has 9 nitrogen and oxygen atoms in total. The molecule has 0 saturated carbocycles. The number of nitrogens with one attached hydrogen (secondary N) is 1. The molecule has 0 aromatic carbocycles. The second-order valence-electron chi connectivity index (χ2n) is 5.44. The number of hydrogen-bond acceptors (Lipinski definition) is 7. The zero-order valence-corrected chi connectivity index (χ0v) is 13.0. The van der Waals surface area contributed by atoms with Crippen molar-refractivity contribution in [1.82, 2.24) is 4.90 Å². The number of carbonyl (C=O) groups is 2. The molecule has 0 aromatic rings. The molecule has 1 aliphatic heterocycles. The monoisotopic (exact) mass is 337 g/mol. The predicted octanol–water partition coefficient (Wildman–Crippen LogP) is -4.46. The second kappa shape index (κ2) is 8.42. The summed E-state index contributed by atoms with van der Waals surface area (Å²) in [6, 6.07) is 0. The third kappa shape index (κ3) is 7.69. The standard InChI is InChI=1S/C12H22N2O7S/c15-10(9-22(19,20)21)8-13-4-6-14(7-5-13)11(16)2-1-3-12(17)18/h10,15H,1-9H2,(H,17,18)(H,19,20,21)/p-1/t10-/m0/s1. The molecule has 2 N–H and O–H groups in total. The molecule has 128 valence electrons. The summed E-state index contributed by atoms with van der Waals surface area (Å²) in [6.07, 6.45) is -0.954. The normalized spacial score (nSPS) is 18.2. The van der Waals surface area contributed by atoms with E-state index in [9.17, 15) is 32.8 Å². The Morgan fingerprint density at radius 2 is 1.82 bits per heavy atom. The van der Waals surface area contributed by atoms with Gasteiger partial charge in [-0.05, 0) is 12.8 Å². The Morgan fingerprint density at radius 3 is 2.32 bits per heavy atom. The SMILES string of the molecule is O=C([O-])CCCC(=O)N1CC[NH+](C[C@H](O)CS(=O)(=O)[O-])CC1. The lowest BCUT2D eigenvalue weighted by Crippen LogP contribution is -3.16. The van der Waals surface area contributed by atoms with Crippen LogP contribution in [0.15, 0.2) is 0 Å². The summed E-state index contributed by atoms with van der Waals surface area (Å²) in [5.74, 6) is -2.10. The van der Waals surface area contributed by atoms with Gasteiger partial charge >= 0.3 is 0 Å². The molecule has 1 heterocycles.